The number of thioether (sulfide) groups is 1. The molecule has 1 heterocycles. The second kappa shape index (κ2) is 8.31. The molecule has 0 radical (unpaired) electrons. The van der Waals surface area contributed by atoms with Crippen molar-refractivity contribution in [3.8, 4) is 0 Å². The lowest BCUT2D eigenvalue weighted by atomic mass is 10.1. The maximum atomic E-state index is 12.2. The molecular formula is C18H16BrN3O2S. The van der Waals surface area contributed by atoms with Crippen LogP contribution in [0.3, 0.4) is 0 Å². The molecule has 25 heavy (non-hydrogen) atoms. The van der Waals surface area contributed by atoms with Gasteiger partial charge in [0.25, 0.3) is 5.91 Å². The van der Waals surface area contributed by atoms with Crippen molar-refractivity contribution in [2.45, 2.75) is 18.2 Å². The lowest BCUT2D eigenvalue weighted by Gasteiger charge is -2.01. The van der Waals surface area contributed by atoms with E-state index >= 15 is 0 Å². The summed E-state index contributed by atoms with van der Waals surface area (Å²) >= 11 is 5.14. The summed E-state index contributed by atoms with van der Waals surface area (Å²) in [6.45, 7) is 2.13. The Labute approximate surface area is 158 Å². The van der Waals surface area contributed by atoms with Crippen molar-refractivity contribution in [1.29, 1.82) is 0 Å². The number of hydrogen-bond acceptors (Lipinski definition) is 5. The summed E-state index contributed by atoms with van der Waals surface area (Å²) in [6.07, 6.45) is 0.525. The van der Waals surface area contributed by atoms with Crippen molar-refractivity contribution in [2.75, 3.05) is 11.1 Å². The summed E-state index contributed by atoms with van der Waals surface area (Å²) in [6, 6.07) is 15.4. The van der Waals surface area contributed by atoms with Gasteiger partial charge in [-0.25, -0.2) is 0 Å². The third-order valence-electron chi connectivity index (χ3n) is 3.36. The topological polar surface area (TPSA) is 68.0 Å². The molecule has 0 unspecified atom stereocenters. The minimum atomic E-state index is -0.294. The fraction of sp³-hybridized carbons (Fsp3) is 0.167. The summed E-state index contributed by atoms with van der Waals surface area (Å²) in [5, 5.41) is 10.5. The summed E-state index contributed by atoms with van der Waals surface area (Å²) < 4.78 is 6.35. The third kappa shape index (κ3) is 4.93. The van der Waals surface area contributed by atoms with E-state index in [-0.39, 0.29) is 11.9 Å². The first-order chi connectivity index (χ1) is 12.1. The number of amides is 1. The molecule has 0 bridgehead atoms. The van der Waals surface area contributed by atoms with Crippen LogP contribution in [-0.2, 0) is 6.42 Å². The number of rotatable bonds is 6. The monoisotopic (exact) mass is 417 g/mol. The zero-order valence-corrected chi connectivity index (χ0v) is 15.9. The number of halogens is 1. The van der Waals surface area contributed by atoms with E-state index in [0.29, 0.717) is 17.9 Å². The van der Waals surface area contributed by atoms with Gasteiger partial charge in [-0.1, -0.05) is 46.2 Å². The van der Waals surface area contributed by atoms with Crippen molar-refractivity contribution in [3.05, 3.63) is 70.0 Å². The Kier molecular flexibility index (Phi) is 5.88. The standard InChI is InChI=1S/C18H16BrN3O2S/c1-2-25-15-8-6-12(7-9-15)10-16-21-22-18(24-16)20-17(23)13-4-3-5-14(19)11-13/h3-9,11H,2,10H2,1H3,(H,20,22,23). The maximum Gasteiger partial charge on any atom is 0.322 e. The zero-order chi connectivity index (χ0) is 17.6. The fourth-order valence-electron chi connectivity index (χ4n) is 2.22. The van der Waals surface area contributed by atoms with Crippen molar-refractivity contribution < 1.29 is 9.21 Å². The quantitative estimate of drug-likeness (QED) is 0.584. The van der Waals surface area contributed by atoms with Crippen LogP contribution in [0.15, 0.2) is 62.3 Å². The predicted molar refractivity (Wildman–Crippen MR) is 102 cm³/mol. The summed E-state index contributed by atoms with van der Waals surface area (Å²) in [7, 11) is 0. The summed E-state index contributed by atoms with van der Waals surface area (Å²) in [4.78, 5) is 13.4. The van der Waals surface area contributed by atoms with Gasteiger partial charge in [0.2, 0.25) is 5.89 Å². The van der Waals surface area contributed by atoms with Gasteiger partial charge < -0.3 is 4.42 Å². The van der Waals surface area contributed by atoms with Crippen LogP contribution in [0.4, 0.5) is 6.01 Å². The average molecular weight is 418 g/mol. The molecule has 0 atom stereocenters. The number of aromatic nitrogens is 2. The van der Waals surface area contributed by atoms with Gasteiger partial charge in [0.1, 0.15) is 0 Å². The molecule has 0 fully saturated rings. The van der Waals surface area contributed by atoms with Gasteiger partial charge in [0, 0.05) is 14.9 Å². The maximum absolute atomic E-state index is 12.2. The summed E-state index contributed by atoms with van der Waals surface area (Å²) in [5.41, 5.74) is 1.59. The second-order valence-electron chi connectivity index (χ2n) is 5.22. The molecule has 3 aromatic rings. The highest BCUT2D eigenvalue weighted by molar-refractivity contribution is 9.10. The molecule has 5 nitrogen and oxygen atoms in total. The molecule has 0 aliphatic rings. The zero-order valence-electron chi connectivity index (χ0n) is 13.5. The Balaban J connectivity index is 1.63. The molecular weight excluding hydrogens is 402 g/mol. The minimum absolute atomic E-state index is 0.0955. The van der Waals surface area contributed by atoms with E-state index < -0.39 is 0 Å². The Bertz CT molecular complexity index is 865. The van der Waals surface area contributed by atoms with Gasteiger partial charge in [0.15, 0.2) is 0 Å². The Morgan fingerprint density at radius 3 is 2.72 bits per heavy atom. The van der Waals surface area contributed by atoms with Gasteiger partial charge in [-0.3, -0.25) is 10.1 Å². The third-order valence-corrected chi connectivity index (χ3v) is 4.75. The number of nitrogens with one attached hydrogen (secondary N) is 1. The number of benzene rings is 2. The number of carbonyl (C=O) groups excluding carboxylic acids is 1. The molecule has 0 aliphatic carbocycles. The molecule has 7 heteroatoms. The number of anilines is 1. The first kappa shape index (κ1) is 17.7. The van der Waals surface area contributed by atoms with Crippen molar-refractivity contribution >= 4 is 39.6 Å². The summed E-state index contributed by atoms with van der Waals surface area (Å²) in [5.74, 6) is 1.21. The molecule has 0 saturated carbocycles. The van der Waals surface area contributed by atoms with E-state index in [1.54, 1.807) is 30.0 Å². The van der Waals surface area contributed by atoms with Crippen LogP contribution in [-0.4, -0.2) is 21.9 Å². The van der Waals surface area contributed by atoms with Crippen LogP contribution in [0.1, 0.15) is 28.7 Å². The van der Waals surface area contributed by atoms with Crippen LogP contribution in [0.5, 0.6) is 0 Å². The van der Waals surface area contributed by atoms with Crippen LogP contribution >= 0.6 is 27.7 Å². The Hall–Kier alpha value is -2.12. The lowest BCUT2D eigenvalue weighted by molar-refractivity contribution is 0.102. The average Bonchev–Trinajstić information content (AvgIpc) is 3.04. The van der Waals surface area contributed by atoms with Crippen LogP contribution < -0.4 is 5.32 Å². The van der Waals surface area contributed by atoms with Gasteiger partial charge in [-0.2, -0.15) is 0 Å². The second-order valence-corrected chi connectivity index (χ2v) is 7.47. The molecule has 0 spiro atoms. The van der Waals surface area contributed by atoms with E-state index in [1.807, 2.05) is 18.2 Å². The van der Waals surface area contributed by atoms with Gasteiger partial charge in [0.05, 0.1) is 6.42 Å². The van der Waals surface area contributed by atoms with Gasteiger partial charge in [-0.15, -0.1) is 16.9 Å². The highest BCUT2D eigenvalue weighted by atomic mass is 79.9. The van der Waals surface area contributed by atoms with E-state index in [4.69, 9.17) is 4.42 Å². The molecule has 128 valence electrons. The SMILES string of the molecule is CCSc1ccc(Cc2nnc(NC(=O)c3cccc(Br)c3)o2)cc1. The smallest absolute Gasteiger partial charge is 0.322 e. The highest BCUT2D eigenvalue weighted by Crippen LogP contribution is 2.19. The van der Waals surface area contributed by atoms with E-state index in [2.05, 4.69) is 50.5 Å². The largest absolute Gasteiger partial charge is 0.407 e. The molecule has 0 saturated heterocycles. The molecule has 0 aliphatic heterocycles. The first-order valence-electron chi connectivity index (χ1n) is 7.75. The Morgan fingerprint density at radius 2 is 2.00 bits per heavy atom. The normalized spacial score (nSPS) is 10.6. The van der Waals surface area contributed by atoms with Gasteiger partial charge in [-0.05, 0) is 41.6 Å². The van der Waals surface area contributed by atoms with Crippen LogP contribution in [0.25, 0.3) is 0 Å². The number of nitrogens with zero attached hydrogens (tertiary/aromatic N) is 2. The molecule has 1 aromatic heterocycles. The minimum Gasteiger partial charge on any atom is -0.407 e. The molecule has 2 aromatic carbocycles. The Morgan fingerprint density at radius 1 is 1.20 bits per heavy atom. The molecule has 3 rings (SSSR count). The first-order valence-corrected chi connectivity index (χ1v) is 9.53. The van der Waals surface area contributed by atoms with Crippen molar-refractivity contribution in [2.24, 2.45) is 0 Å². The van der Waals surface area contributed by atoms with E-state index in [1.165, 1.54) is 4.90 Å². The number of carbonyl (C=O) groups is 1. The van der Waals surface area contributed by atoms with Crippen molar-refractivity contribution in [3.63, 3.8) is 0 Å². The van der Waals surface area contributed by atoms with E-state index in [0.717, 1.165) is 15.8 Å². The lowest BCUT2D eigenvalue weighted by Crippen LogP contribution is -2.11. The number of hydrogen-bond donors (Lipinski definition) is 1. The van der Waals surface area contributed by atoms with E-state index in [9.17, 15) is 4.79 Å². The molecule has 1 amide bonds. The van der Waals surface area contributed by atoms with Crippen LogP contribution in [0, 0.1) is 0 Å². The van der Waals surface area contributed by atoms with Crippen molar-refractivity contribution in [1.82, 2.24) is 10.2 Å². The van der Waals surface area contributed by atoms with Gasteiger partial charge >= 0.3 is 6.01 Å². The highest BCUT2D eigenvalue weighted by Gasteiger charge is 2.12. The predicted octanol–water partition coefficient (Wildman–Crippen LogP) is 4.79. The fourth-order valence-corrected chi connectivity index (χ4v) is 3.28. The molecule has 1 N–H and O–H groups in total. The van der Waals surface area contributed by atoms with Crippen LogP contribution in [0.2, 0.25) is 0 Å².